The van der Waals surface area contributed by atoms with Crippen LogP contribution in [0, 0.1) is 19.8 Å². The third-order valence-corrected chi connectivity index (χ3v) is 7.27. The topological polar surface area (TPSA) is 84.8 Å². The number of benzene rings is 2. The average molecular weight is 540 g/mol. The highest BCUT2D eigenvalue weighted by Gasteiger charge is 2.23. The number of hydrogen-bond acceptors (Lipinski definition) is 7. The third-order valence-electron chi connectivity index (χ3n) is 7.27. The Morgan fingerprint density at radius 3 is 2.55 bits per heavy atom. The number of fused-ring (bicyclic) bond motifs is 1. The summed E-state index contributed by atoms with van der Waals surface area (Å²) >= 11 is 0. The van der Waals surface area contributed by atoms with E-state index in [4.69, 9.17) is 13.6 Å². The molecule has 0 bridgehead atoms. The number of hydrogen-bond donors (Lipinski definition) is 1. The standard InChI is InChI=1S/C30H37N3O4.ClH/c1-19(2)14-29-31-32-30(37-29)28-16-25-26(6-5-7-27(25)36-28)35-18-24(34)17-33-12-10-22(11-13-33)23-9-8-20(3)21(4)15-23;/h5-9,15-16,19,22,24,34H,10-14,17-18H2,1-4H3;1H/t24-;/m0./s1. The molecule has 7 nitrogen and oxygen atoms in total. The fraction of sp³-hybridized carbons (Fsp3) is 0.467. The maximum absolute atomic E-state index is 10.7. The van der Waals surface area contributed by atoms with Crippen LogP contribution in [-0.4, -0.2) is 52.5 Å². The molecule has 1 aliphatic rings. The maximum atomic E-state index is 10.7. The number of β-amino-alcohol motifs (C(OH)–C–C–N with tert-alkyl or cyclic N) is 1. The van der Waals surface area contributed by atoms with Crippen LogP contribution in [0.15, 0.2) is 51.3 Å². The Kier molecular flexibility index (Phi) is 9.13. The molecule has 0 spiro atoms. The minimum atomic E-state index is -0.575. The second-order valence-corrected chi connectivity index (χ2v) is 10.8. The molecule has 3 heterocycles. The Morgan fingerprint density at radius 2 is 1.82 bits per heavy atom. The molecule has 0 unspecified atom stereocenters. The van der Waals surface area contributed by atoms with Crippen LogP contribution >= 0.6 is 12.4 Å². The lowest BCUT2D eigenvalue weighted by Crippen LogP contribution is -2.40. The number of aliphatic hydroxyl groups excluding tert-OH is 1. The summed E-state index contributed by atoms with van der Waals surface area (Å²) in [5, 5.41) is 19.8. The molecule has 1 saturated heterocycles. The van der Waals surface area contributed by atoms with Crippen molar-refractivity contribution in [2.75, 3.05) is 26.2 Å². The Morgan fingerprint density at radius 1 is 1.03 bits per heavy atom. The van der Waals surface area contributed by atoms with Gasteiger partial charge in [-0.2, -0.15) is 0 Å². The van der Waals surface area contributed by atoms with E-state index in [9.17, 15) is 5.11 Å². The van der Waals surface area contributed by atoms with Crippen LogP contribution < -0.4 is 4.74 Å². The molecule has 0 radical (unpaired) electrons. The van der Waals surface area contributed by atoms with E-state index in [0.717, 1.165) is 37.7 Å². The maximum Gasteiger partial charge on any atom is 0.283 e. The zero-order chi connectivity index (χ0) is 25.9. The lowest BCUT2D eigenvalue weighted by atomic mass is 9.88. The van der Waals surface area contributed by atoms with Gasteiger partial charge in [0.2, 0.25) is 5.89 Å². The smallest absolute Gasteiger partial charge is 0.283 e. The molecule has 1 atom stereocenters. The van der Waals surface area contributed by atoms with Crippen LogP contribution in [0.5, 0.6) is 5.75 Å². The fourth-order valence-electron chi connectivity index (χ4n) is 5.05. The highest BCUT2D eigenvalue weighted by Crippen LogP contribution is 2.33. The van der Waals surface area contributed by atoms with Gasteiger partial charge in [0.1, 0.15) is 24.0 Å². The predicted octanol–water partition coefficient (Wildman–Crippen LogP) is 6.34. The number of aliphatic hydroxyl groups is 1. The second kappa shape index (κ2) is 12.3. The van der Waals surface area contributed by atoms with Gasteiger partial charge >= 0.3 is 0 Å². The molecule has 0 amide bonds. The Hall–Kier alpha value is -2.87. The largest absolute Gasteiger partial charge is 0.490 e. The van der Waals surface area contributed by atoms with Gasteiger partial charge in [0, 0.05) is 19.0 Å². The van der Waals surface area contributed by atoms with Crippen molar-refractivity contribution in [1.29, 1.82) is 0 Å². The van der Waals surface area contributed by atoms with E-state index in [0.29, 0.717) is 47.3 Å². The van der Waals surface area contributed by atoms with Crippen LogP contribution in [0.3, 0.4) is 0 Å². The molecule has 1 N–H and O–H groups in total. The molecule has 1 aliphatic heterocycles. The number of ether oxygens (including phenoxy) is 1. The van der Waals surface area contributed by atoms with Crippen molar-refractivity contribution in [3.8, 4) is 17.4 Å². The van der Waals surface area contributed by atoms with Crippen molar-refractivity contribution < 1.29 is 18.7 Å². The monoisotopic (exact) mass is 539 g/mol. The molecule has 2 aromatic carbocycles. The Balaban J connectivity index is 0.00000336. The molecule has 0 aliphatic carbocycles. The van der Waals surface area contributed by atoms with Crippen molar-refractivity contribution in [3.05, 3.63) is 65.0 Å². The number of halogens is 1. The van der Waals surface area contributed by atoms with Crippen molar-refractivity contribution in [2.45, 2.75) is 59.0 Å². The summed E-state index contributed by atoms with van der Waals surface area (Å²) < 4.78 is 17.8. The molecule has 0 saturated carbocycles. The molecular formula is C30H38ClN3O4. The van der Waals surface area contributed by atoms with E-state index in [1.54, 1.807) is 0 Å². The van der Waals surface area contributed by atoms with E-state index < -0.39 is 6.10 Å². The Labute approximate surface area is 230 Å². The number of rotatable bonds is 9. The van der Waals surface area contributed by atoms with E-state index >= 15 is 0 Å². The van der Waals surface area contributed by atoms with Gasteiger partial charge in [0.05, 0.1) is 5.39 Å². The number of likely N-dealkylation sites (tertiary alicyclic amines) is 1. The van der Waals surface area contributed by atoms with Crippen molar-refractivity contribution in [2.24, 2.45) is 5.92 Å². The van der Waals surface area contributed by atoms with E-state index in [1.165, 1.54) is 16.7 Å². The molecule has 38 heavy (non-hydrogen) atoms. The van der Waals surface area contributed by atoms with Gasteiger partial charge in [-0.25, -0.2) is 0 Å². The first kappa shape index (κ1) is 28.1. The number of aromatic nitrogens is 2. The predicted molar refractivity (Wildman–Crippen MR) is 151 cm³/mol. The number of aryl methyl sites for hydroxylation is 2. The highest BCUT2D eigenvalue weighted by molar-refractivity contribution is 5.87. The highest BCUT2D eigenvalue weighted by atomic mass is 35.5. The molecule has 2 aromatic heterocycles. The number of furan rings is 1. The van der Waals surface area contributed by atoms with Crippen molar-refractivity contribution in [1.82, 2.24) is 15.1 Å². The zero-order valence-corrected chi connectivity index (χ0v) is 23.5. The Bertz CT molecular complexity index is 1340. The van der Waals surface area contributed by atoms with Crippen molar-refractivity contribution in [3.63, 3.8) is 0 Å². The molecule has 1 fully saturated rings. The van der Waals surface area contributed by atoms with Crippen LogP contribution in [0.25, 0.3) is 22.6 Å². The van der Waals surface area contributed by atoms with Crippen molar-refractivity contribution >= 4 is 23.4 Å². The van der Waals surface area contributed by atoms with Gasteiger partial charge in [-0.3, -0.25) is 0 Å². The molecule has 204 valence electrons. The number of nitrogens with zero attached hydrogens (tertiary/aromatic N) is 3. The minimum absolute atomic E-state index is 0. The summed E-state index contributed by atoms with van der Waals surface area (Å²) in [6.07, 6.45) is 2.38. The van der Waals surface area contributed by atoms with E-state index in [-0.39, 0.29) is 19.0 Å². The van der Waals surface area contributed by atoms with E-state index in [2.05, 4.69) is 61.0 Å². The van der Waals surface area contributed by atoms with Gasteiger partial charge < -0.3 is 23.6 Å². The molecule has 8 heteroatoms. The lowest BCUT2D eigenvalue weighted by Gasteiger charge is -2.33. The summed E-state index contributed by atoms with van der Waals surface area (Å²) in [5.41, 5.74) is 4.83. The fourth-order valence-corrected chi connectivity index (χ4v) is 5.05. The van der Waals surface area contributed by atoms with Gasteiger partial charge in [0.25, 0.3) is 5.89 Å². The summed E-state index contributed by atoms with van der Waals surface area (Å²) in [4.78, 5) is 2.34. The summed E-state index contributed by atoms with van der Waals surface area (Å²) in [6.45, 7) is 11.4. The van der Waals surface area contributed by atoms with E-state index in [1.807, 2.05) is 24.3 Å². The molecule has 5 rings (SSSR count). The summed E-state index contributed by atoms with van der Waals surface area (Å²) in [6, 6.07) is 14.4. The first-order valence-corrected chi connectivity index (χ1v) is 13.3. The van der Waals surface area contributed by atoms with Crippen LogP contribution in [0.2, 0.25) is 0 Å². The van der Waals surface area contributed by atoms with Crippen LogP contribution in [-0.2, 0) is 6.42 Å². The van der Waals surface area contributed by atoms with Crippen LogP contribution in [0.4, 0.5) is 0 Å². The van der Waals surface area contributed by atoms with Gasteiger partial charge in [-0.15, -0.1) is 22.6 Å². The second-order valence-electron chi connectivity index (χ2n) is 10.8. The third kappa shape index (κ3) is 6.57. The quantitative estimate of drug-likeness (QED) is 0.265. The first-order valence-electron chi connectivity index (χ1n) is 13.3. The zero-order valence-electron chi connectivity index (χ0n) is 22.6. The summed E-state index contributed by atoms with van der Waals surface area (Å²) in [5.74, 6) is 3.17. The summed E-state index contributed by atoms with van der Waals surface area (Å²) in [7, 11) is 0. The molecular weight excluding hydrogens is 502 g/mol. The minimum Gasteiger partial charge on any atom is -0.490 e. The SMILES string of the molecule is Cc1ccc(C2CCN(C[C@H](O)COc3cccc4oc(-c5nnc(CC(C)C)o5)cc34)CC2)cc1C.Cl. The molecule has 4 aromatic rings. The lowest BCUT2D eigenvalue weighted by molar-refractivity contribution is 0.0599. The average Bonchev–Trinajstić information content (AvgIpc) is 3.52. The van der Waals surface area contributed by atoms with Gasteiger partial charge in [-0.1, -0.05) is 38.1 Å². The normalized spacial score (nSPS) is 15.6. The first-order chi connectivity index (χ1) is 17.9. The number of piperidine rings is 1. The van der Waals surface area contributed by atoms with Gasteiger partial charge in [0.15, 0.2) is 5.76 Å². The van der Waals surface area contributed by atoms with Gasteiger partial charge in [-0.05, 0) is 80.4 Å². The van der Waals surface area contributed by atoms with Crippen LogP contribution in [0.1, 0.15) is 55.2 Å².